The maximum Gasteiger partial charge on any atom is 0.471 e. The zero-order valence-electron chi connectivity index (χ0n) is 13.1. The molecular formula is C16H15F3N2O3S. The molecule has 0 bridgehead atoms. The maximum absolute atomic E-state index is 12.2. The zero-order valence-corrected chi connectivity index (χ0v) is 13.9. The average Bonchev–Trinajstić information content (AvgIpc) is 2.47. The van der Waals surface area contributed by atoms with E-state index in [-0.39, 0.29) is 17.1 Å². The number of halogens is 3. The van der Waals surface area contributed by atoms with Gasteiger partial charge in [-0.2, -0.15) is 13.2 Å². The molecule has 2 N–H and O–H groups in total. The van der Waals surface area contributed by atoms with Crippen molar-refractivity contribution < 1.29 is 26.4 Å². The number of aryl methyl sites for hydroxylation is 1. The molecule has 0 aromatic heterocycles. The number of nitrogens with one attached hydrogen (secondary N) is 2. The number of alkyl halides is 3. The Morgan fingerprint density at radius 3 is 2.20 bits per heavy atom. The molecule has 0 atom stereocenters. The van der Waals surface area contributed by atoms with E-state index in [0.717, 1.165) is 5.56 Å². The van der Waals surface area contributed by atoms with Gasteiger partial charge < -0.3 is 5.32 Å². The quantitative estimate of drug-likeness (QED) is 0.844. The fourth-order valence-corrected chi connectivity index (χ4v) is 3.25. The van der Waals surface area contributed by atoms with Crippen LogP contribution in [0.1, 0.15) is 11.1 Å². The van der Waals surface area contributed by atoms with Crippen LogP contribution in [0.2, 0.25) is 0 Å². The lowest BCUT2D eigenvalue weighted by Gasteiger charge is -2.11. The predicted molar refractivity (Wildman–Crippen MR) is 88.6 cm³/mol. The lowest BCUT2D eigenvalue weighted by molar-refractivity contribution is -0.167. The number of hydrogen-bond donors (Lipinski definition) is 2. The predicted octanol–water partition coefficient (Wildman–Crippen LogP) is 3.44. The van der Waals surface area contributed by atoms with Crippen LogP contribution in [0.4, 0.5) is 24.5 Å². The highest BCUT2D eigenvalue weighted by atomic mass is 32.2. The number of amides is 1. The Hall–Kier alpha value is -2.55. The minimum atomic E-state index is -4.99. The van der Waals surface area contributed by atoms with Crippen LogP contribution in [0.3, 0.4) is 0 Å². The molecule has 5 nitrogen and oxygen atoms in total. The molecule has 2 rings (SSSR count). The highest BCUT2D eigenvalue weighted by molar-refractivity contribution is 7.91. The van der Waals surface area contributed by atoms with Crippen molar-refractivity contribution >= 4 is 27.3 Å². The van der Waals surface area contributed by atoms with Gasteiger partial charge in [0.15, 0.2) is 0 Å². The van der Waals surface area contributed by atoms with Crippen molar-refractivity contribution in [3.63, 3.8) is 0 Å². The Balaban J connectivity index is 2.04. The van der Waals surface area contributed by atoms with Gasteiger partial charge in [0.05, 0.1) is 5.75 Å². The number of carbonyl (C=O) groups excluding carboxylic acids is 1. The van der Waals surface area contributed by atoms with Gasteiger partial charge in [-0.1, -0.05) is 29.8 Å². The Morgan fingerprint density at radius 1 is 1.04 bits per heavy atom. The highest BCUT2D eigenvalue weighted by Crippen LogP contribution is 2.20. The van der Waals surface area contributed by atoms with Crippen molar-refractivity contribution in [1.82, 2.24) is 0 Å². The Labute approximate surface area is 142 Å². The minimum Gasteiger partial charge on any atom is -0.318 e. The minimum absolute atomic E-state index is 0.0936. The summed E-state index contributed by atoms with van der Waals surface area (Å²) in [4.78, 5) is 10.8. The third-order valence-corrected chi connectivity index (χ3v) is 4.37. The normalized spacial score (nSPS) is 11.8. The molecular weight excluding hydrogens is 357 g/mol. The second kappa shape index (κ2) is 7.14. The van der Waals surface area contributed by atoms with E-state index >= 15 is 0 Å². The molecule has 134 valence electrons. The molecule has 25 heavy (non-hydrogen) atoms. The van der Waals surface area contributed by atoms with Crippen LogP contribution in [-0.4, -0.2) is 20.5 Å². The summed E-state index contributed by atoms with van der Waals surface area (Å²) in [6.45, 7) is 1.84. The van der Waals surface area contributed by atoms with Gasteiger partial charge >= 0.3 is 12.1 Å². The van der Waals surface area contributed by atoms with E-state index in [2.05, 4.69) is 4.72 Å². The van der Waals surface area contributed by atoms with Crippen LogP contribution in [0.5, 0.6) is 0 Å². The number of rotatable bonds is 5. The van der Waals surface area contributed by atoms with Crippen molar-refractivity contribution in [2.75, 3.05) is 10.0 Å². The van der Waals surface area contributed by atoms with E-state index < -0.39 is 22.1 Å². The summed E-state index contributed by atoms with van der Waals surface area (Å²) in [5, 5.41) is 1.68. The smallest absolute Gasteiger partial charge is 0.318 e. The molecule has 0 heterocycles. The fraction of sp³-hybridized carbons (Fsp3) is 0.188. The Morgan fingerprint density at radius 2 is 1.64 bits per heavy atom. The van der Waals surface area contributed by atoms with Gasteiger partial charge in [-0.05, 0) is 36.8 Å². The largest absolute Gasteiger partial charge is 0.471 e. The summed E-state index contributed by atoms with van der Waals surface area (Å²) >= 11 is 0. The summed E-state index contributed by atoms with van der Waals surface area (Å²) in [5.41, 5.74) is 1.63. The summed E-state index contributed by atoms with van der Waals surface area (Å²) in [5.74, 6) is -2.33. The van der Waals surface area contributed by atoms with Crippen molar-refractivity contribution in [1.29, 1.82) is 0 Å². The van der Waals surface area contributed by atoms with E-state index in [1.807, 2.05) is 13.0 Å². The van der Waals surface area contributed by atoms with E-state index in [4.69, 9.17) is 0 Å². The van der Waals surface area contributed by atoms with Gasteiger partial charge in [0, 0.05) is 11.4 Å². The van der Waals surface area contributed by atoms with Crippen LogP contribution >= 0.6 is 0 Å². The van der Waals surface area contributed by atoms with Gasteiger partial charge in [-0.25, -0.2) is 8.42 Å². The number of hydrogen-bond acceptors (Lipinski definition) is 3. The number of benzene rings is 2. The molecule has 1 amide bonds. The lowest BCUT2D eigenvalue weighted by Crippen LogP contribution is -2.29. The molecule has 0 saturated carbocycles. The first-order valence-corrected chi connectivity index (χ1v) is 8.75. The van der Waals surface area contributed by atoms with E-state index in [0.29, 0.717) is 5.56 Å². The first kappa shape index (κ1) is 18.8. The van der Waals surface area contributed by atoms with Crippen LogP contribution in [0.25, 0.3) is 0 Å². The Kier molecular flexibility index (Phi) is 5.36. The second-order valence-electron chi connectivity index (χ2n) is 5.38. The van der Waals surface area contributed by atoms with E-state index in [1.165, 1.54) is 24.3 Å². The molecule has 0 spiro atoms. The summed E-state index contributed by atoms with van der Waals surface area (Å²) in [7, 11) is -3.68. The number of anilines is 2. The molecule has 0 saturated heterocycles. The molecule has 0 aliphatic heterocycles. The highest BCUT2D eigenvalue weighted by Gasteiger charge is 2.38. The lowest BCUT2D eigenvalue weighted by atomic mass is 10.2. The molecule has 9 heteroatoms. The fourth-order valence-electron chi connectivity index (χ4n) is 2.06. The van der Waals surface area contributed by atoms with Crippen molar-refractivity contribution in [2.45, 2.75) is 18.9 Å². The molecule has 2 aromatic rings. The first-order chi connectivity index (χ1) is 11.5. The third kappa shape index (κ3) is 5.79. The van der Waals surface area contributed by atoms with Gasteiger partial charge in [-0.3, -0.25) is 9.52 Å². The number of sulfonamides is 1. The van der Waals surface area contributed by atoms with Crippen molar-refractivity contribution in [2.24, 2.45) is 0 Å². The molecule has 0 radical (unpaired) electrons. The van der Waals surface area contributed by atoms with Crippen LogP contribution < -0.4 is 10.0 Å². The van der Waals surface area contributed by atoms with Crippen LogP contribution in [0, 0.1) is 6.92 Å². The summed E-state index contributed by atoms with van der Waals surface area (Å²) in [6, 6.07) is 11.9. The van der Waals surface area contributed by atoms with Gasteiger partial charge in [0.1, 0.15) is 0 Å². The topological polar surface area (TPSA) is 75.3 Å². The molecule has 0 aliphatic carbocycles. The summed E-state index contributed by atoms with van der Waals surface area (Å²) in [6.07, 6.45) is -4.99. The van der Waals surface area contributed by atoms with Gasteiger partial charge in [-0.15, -0.1) is 0 Å². The van der Waals surface area contributed by atoms with Crippen molar-refractivity contribution in [3.05, 3.63) is 59.7 Å². The van der Waals surface area contributed by atoms with Crippen LogP contribution in [0.15, 0.2) is 48.5 Å². The van der Waals surface area contributed by atoms with E-state index in [9.17, 15) is 26.4 Å². The van der Waals surface area contributed by atoms with Gasteiger partial charge in [0.2, 0.25) is 10.0 Å². The molecule has 0 fully saturated rings. The standard InChI is InChI=1S/C16H15F3N2O3S/c1-11-3-2-4-12(9-11)10-25(23,24)21-14-7-5-13(6-8-14)20-15(22)16(17,18)19/h2-9,21H,10H2,1H3,(H,20,22). The van der Waals surface area contributed by atoms with E-state index in [1.54, 1.807) is 23.5 Å². The molecule has 0 aliphatic rings. The zero-order chi connectivity index (χ0) is 18.7. The van der Waals surface area contributed by atoms with Gasteiger partial charge in [0.25, 0.3) is 0 Å². The van der Waals surface area contributed by atoms with Crippen molar-refractivity contribution in [3.8, 4) is 0 Å². The Bertz CT molecular complexity index is 863. The molecule has 0 unspecified atom stereocenters. The summed E-state index contributed by atoms with van der Waals surface area (Å²) < 4.78 is 63.1. The van der Waals surface area contributed by atoms with Crippen LogP contribution in [-0.2, 0) is 20.6 Å². The first-order valence-electron chi connectivity index (χ1n) is 7.09. The maximum atomic E-state index is 12.2. The third-order valence-electron chi connectivity index (χ3n) is 3.11. The molecule has 2 aromatic carbocycles. The number of carbonyl (C=O) groups is 1. The SMILES string of the molecule is Cc1cccc(CS(=O)(=O)Nc2ccc(NC(=O)C(F)(F)F)cc2)c1. The average molecular weight is 372 g/mol. The monoisotopic (exact) mass is 372 g/mol. The second-order valence-corrected chi connectivity index (χ2v) is 7.10.